The summed E-state index contributed by atoms with van der Waals surface area (Å²) in [4.78, 5) is 58.7. The van der Waals surface area contributed by atoms with Crippen LogP contribution in [0, 0.1) is 5.82 Å². The van der Waals surface area contributed by atoms with E-state index in [1.165, 1.54) is 55.6 Å². The van der Waals surface area contributed by atoms with Gasteiger partial charge >= 0.3 is 11.7 Å². The van der Waals surface area contributed by atoms with E-state index >= 15 is 0 Å². The lowest BCUT2D eigenvalue weighted by molar-refractivity contribution is -0.137. The van der Waals surface area contributed by atoms with E-state index in [0.29, 0.717) is 23.0 Å². The van der Waals surface area contributed by atoms with Gasteiger partial charge in [-0.2, -0.15) is 4.98 Å². The smallest absolute Gasteiger partial charge is 0.348 e. The average Bonchev–Trinajstić information content (AvgIpc) is 2.93. The van der Waals surface area contributed by atoms with Crippen molar-refractivity contribution in [1.29, 1.82) is 0 Å². The van der Waals surface area contributed by atoms with Gasteiger partial charge in [-0.15, -0.1) is 0 Å². The van der Waals surface area contributed by atoms with Gasteiger partial charge in [-0.1, -0.05) is 62.9 Å². The number of likely N-dealkylation sites (N-methyl/N-ethyl adjacent to an activating group) is 1. The standard InChI is InChI=1S/C29H36FN5O5S/c1-3-4-5-6-7-8-13-33(2)25(36)18-35-17-23(14-22-15-31-28(40)34(16-22)19-26(37)38)27(39)32-29(35)41-20-21-9-11-24(30)12-10-21/h9-12,15-17H,3-8,13-14,18-20H2,1-2H3,(H,37,38). The van der Waals surface area contributed by atoms with Gasteiger partial charge in [0, 0.05) is 49.9 Å². The molecule has 1 aromatic carbocycles. The van der Waals surface area contributed by atoms with E-state index in [9.17, 15) is 23.6 Å². The van der Waals surface area contributed by atoms with Crippen molar-refractivity contribution in [3.8, 4) is 0 Å². The third-order valence-corrected chi connectivity index (χ3v) is 7.56. The van der Waals surface area contributed by atoms with Crippen LogP contribution in [0.4, 0.5) is 4.39 Å². The van der Waals surface area contributed by atoms with Crippen molar-refractivity contribution in [2.24, 2.45) is 0 Å². The number of rotatable bonds is 16. The second kappa shape index (κ2) is 15.8. The number of carboxylic acids is 1. The highest BCUT2D eigenvalue weighted by atomic mass is 32.2. The lowest BCUT2D eigenvalue weighted by Crippen LogP contribution is -2.32. The molecule has 3 aromatic rings. The van der Waals surface area contributed by atoms with E-state index in [1.807, 2.05) is 0 Å². The number of carboxylic acid groups (broad SMARTS) is 1. The first-order valence-corrected chi connectivity index (χ1v) is 14.6. The van der Waals surface area contributed by atoms with Crippen molar-refractivity contribution in [2.45, 2.75) is 75.9 Å². The third-order valence-electron chi connectivity index (χ3n) is 6.50. The van der Waals surface area contributed by atoms with Gasteiger partial charge in [0.05, 0.1) is 0 Å². The van der Waals surface area contributed by atoms with Crippen molar-refractivity contribution in [3.63, 3.8) is 0 Å². The number of benzene rings is 1. The predicted octanol–water partition coefficient (Wildman–Crippen LogP) is 3.73. The zero-order valence-electron chi connectivity index (χ0n) is 23.4. The summed E-state index contributed by atoms with van der Waals surface area (Å²) < 4.78 is 15.9. The zero-order valence-corrected chi connectivity index (χ0v) is 24.2. The van der Waals surface area contributed by atoms with Crippen LogP contribution in [0.25, 0.3) is 0 Å². The number of nitrogens with zero attached hydrogens (tertiary/aromatic N) is 5. The van der Waals surface area contributed by atoms with E-state index in [0.717, 1.165) is 29.4 Å². The second-order valence-electron chi connectivity index (χ2n) is 9.92. The molecule has 0 spiro atoms. The molecule has 220 valence electrons. The van der Waals surface area contributed by atoms with E-state index < -0.39 is 23.8 Å². The molecular weight excluding hydrogens is 549 g/mol. The number of hydrogen-bond acceptors (Lipinski definition) is 7. The van der Waals surface area contributed by atoms with Crippen LogP contribution in [-0.4, -0.2) is 54.6 Å². The first-order valence-electron chi connectivity index (χ1n) is 13.6. The first-order chi connectivity index (χ1) is 19.7. The van der Waals surface area contributed by atoms with Crippen LogP contribution in [0.5, 0.6) is 0 Å². The fraction of sp³-hybridized carbons (Fsp3) is 0.448. The summed E-state index contributed by atoms with van der Waals surface area (Å²) in [5.74, 6) is -1.25. The minimum absolute atomic E-state index is 0.0326. The Hall–Kier alpha value is -3.80. The SMILES string of the molecule is CCCCCCCCN(C)C(=O)Cn1cc(Cc2cnc(=O)n(CC(=O)O)c2)c(=O)nc1SCc1ccc(F)cc1. The molecule has 10 nitrogen and oxygen atoms in total. The Morgan fingerprint density at radius 1 is 0.976 bits per heavy atom. The van der Waals surface area contributed by atoms with Crippen LogP contribution >= 0.6 is 11.8 Å². The van der Waals surface area contributed by atoms with Gasteiger partial charge in [0.15, 0.2) is 5.16 Å². The Balaban J connectivity index is 1.81. The molecule has 12 heteroatoms. The van der Waals surface area contributed by atoms with Crippen molar-refractivity contribution in [1.82, 2.24) is 24.0 Å². The predicted molar refractivity (Wildman–Crippen MR) is 154 cm³/mol. The molecule has 0 aliphatic rings. The fourth-order valence-corrected chi connectivity index (χ4v) is 5.11. The minimum Gasteiger partial charge on any atom is -0.480 e. The normalized spacial score (nSPS) is 11.0. The number of thioether (sulfide) groups is 1. The third kappa shape index (κ3) is 10.3. The van der Waals surface area contributed by atoms with Gasteiger partial charge in [-0.3, -0.25) is 19.0 Å². The second-order valence-corrected chi connectivity index (χ2v) is 10.9. The average molecular weight is 586 g/mol. The number of aliphatic carboxylic acids is 1. The van der Waals surface area contributed by atoms with E-state index in [2.05, 4.69) is 16.9 Å². The molecule has 0 saturated heterocycles. The van der Waals surface area contributed by atoms with Gasteiger partial charge in [0.25, 0.3) is 5.56 Å². The molecule has 2 heterocycles. The lowest BCUT2D eigenvalue weighted by atomic mass is 10.1. The monoisotopic (exact) mass is 585 g/mol. The Morgan fingerprint density at radius 3 is 2.39 bits per heavy atom. The molecule has 1 N–H and O–H groups in total. The molecule has 0 saturated carbocycles. The quantitative estimate of drug-likeness (QED) is 0.153. The van der Waals surface area contributed by atoms with Gasteiger partial charge in [0.1, 0.15) is 18.9 Å². The zero-order chi connectivity index (χ0) is 29.8. The molecule has 0 fully saturated rings. The summed E-state index contributed by atoms with van der Waals surface area (Å²) in [6, 6.07) is 6.02. The molecule has 0 unspecified atom stereocenters. The number of unbranched alkanes of at least 4 members (excludes halogenated alkanes) is 5. The molecule has 0 radical (unpaired) electrons. The van der Waals surface area contributed by atoms with Crippen molar-refractivity contribution < 1.29 is 19.1 Å². The summed E-state index contributed by atoms with van der Waals surface area (Å²) in [5.41, 5.74) is 0.337. The number of carbonyl (C=O) groups is 2. The topological polar surface area (TPSA) is 127 Å². The molecular formula is C29H36FN5O5S. The van der Waals surface area contributed by atoms with Gasteiger partial charge in [0.2, 0.25) is 5.91 Å². The molecule has 0 aliphatic carbocycles. The van der Waals surface area contributed by atoms with Crippen LogP contribution in [0.15, 0.2) is 57.6 Å². The lowest BCUT2D eigenvalue weighted by Gasteiger charge is -2.20. The molecule has 0 atom stereocenters. The van der Waals surface area contributed by atoms with Crippen LogP contribution in [0.1, 0.15) is 62.1 Å². The van der Waals surface area contributed by atoms with Crippen LogP contribution in [0.3, 0.4) is 0 Å². The van der Waals surface area contributed by atoms with Gasteiger partial charge in [-0.05, 0) is 29.7 Å². The maximum atomic E-state index is 13.3. The Kier molecular flexibility index (Phi) is 12.3. The van der Waals surface area contributed by atoms with Gasteiger partial charge < -0.3 is 14.6 Å². The first kappa shape index (κ1) is 31.7. The van der Waals surface area contributed by atoms with E-state index in [-0.39, 0.29) is 30.3 Å². The largest absolute Gasteiger partial charge is 0.480 e. The maximum Gasteiger partial charge on any atom is 0.348 e. The summed E-state index contributed by atoms with van der Waals surface area (Å²) in [5, 5.41) is 9.40. The van der Waals surface area contributed by atoms with Crippen LogP contribution in [0.2, 0.25) is 0 Å². The molecule has 2 aromatic heterocycles. The van der Waals surface area contributed by atoms with Crippen molar-refractivity contribution >= 4 is 23.6 Å². The van der Waals surface area contributed by atoms with Gasteiger partial charge in [-0.25, -0.2) is 14.2 Å². The van der Waals surface area contributed by atoms with Crippen LogP contribution in [-0.2, 0) is 34.9 Å². The number of aromatic nitrogens is 4. The number of hydrogen-bond donors (Lipinski definition) is 1. The Morgan fingerprint density at radius 2 is 1.68 bits per heavy atom. The number of amides is 1. The molecule has 1 amide bonds. The summed E-state index contributed by atoms with van der Waals surface area (Å²) in [6.07, 6.45) is 11.0. The van der Waals surface area contributed by atoms with Crippen LogP contribution < -0.4 is 11.2 Å². The highest BCUT2D eigenvalue weighted by Gasteiger charge is 2.16. The van der Waals surface area contributed by atoms with E-state index in [4.69, 9.17) is 5.11 Å². The molecule has 3 rings (SSSR count). The number of carbonyl (C=O) groups excluding carboxylic acids is 1. The highest BCUT2D eigenvalue weighted by Crippen LogP contribution is 2.21. The van der Waals surface area contributed by atoms with Crippen molar-refractivity contribution in [2.75, 3.05) is 13.6 Å². The summed E-state index contributed by atoms with van der Waals surface area (Å²) in [7, 11) is 1.76. The highest BCUT2D eigenvalue weighted by molar-refractivity contribution is 7.98. The number of halogens is 1. The molecule has 41 heavy (non-hydrogen) atoms. The fourth-order valence-electron chi connectivity index (χ4n) is 4.19. The Labute approximate surface area is 242 Å². The maximum absolute atomic E-state index is 13.3. The molecule has 0 bridgehead atoms. The Bertz CT molecular complexity index is 1440. The van der Waals surface area contributed by atoms with E-state index in [1.54, 1.807) is 34.8 Å². The summed E-state index contributed by atoms with van der Waals surface area (Å²) >= 11 is 1.26. The summed E-state index contributed by atoms with van der Waals surface area (Å²) in [6.45, 7) is 2.21. The molecule has 0 aliphatic heterocycles. The van der Waals surface area contributed by atoms with Crippen molar-refractivity contribution in [3.05, 3.63) is 86.2 Å². The minimum atomic E-state index is -1.19.